The van der Waals surface area contributed by atoms with Crippen molar-refractivity contribution in [3.8, 4) is 0 Å². The molecule has 1 rings (SSSR count). The Morgan fingerprint density at radius 1 is 1.47 bits per heavy atom. The fraction of sp³-hybridized carbons (Fsp3) is 0.273. The van der Waals surface area contributed by atoms with Crippen LogP contribution in [0.1, 0.15) is 17.3 Å². The Hall–Kier alpha value is -1.75. The zero-order valence-corrected chi connectivity index (χ0v) is 10.1. The predicted octanol–water partition coefficient (Wildman–Crippen LogP) is 1.22. The standard InChI is InChI=1S/C11H13ClN2O3/c1-2-14-10(15)6-17-11(16)7-3-4-9(13)8(12)5-7/h3-5H,2,6,13H2,1H3,(H,14,15). The molecule has 92 valence electrons. The number of ether oxygens (including phenoxy) is 1. The van der Waals surface area contributed by atoms with Crippen molar-refractivity contribution >= 4 is 29.2 Å². The quantitative estimate of drug-likeness (QED) is 0.627. The zero-order chi connectivity index (χ0) is 12.8. The van der Waals surface area contributed by atoms with Crippen LogP contribution in [0.5, 0.6) is 0 Å². The first-order valence-electron chi connectivity index (χ1n) is 5.03. The SMILES string of the molecule is CCNC(=O)COC(=O)c1ccc(N)c(Cl)c1. The van der Waals surface area contributed by atoms with Gasteiger partial charge in [-0.15, -0.1) is 0 Å². The lowest BCUT2D eigenvalue weighted by Crippen LogP contribution is -2.28. The molecule has 6 heteroatoms. The summed E-state index contributed by atoms with van der Waals surface area (Å²) in [5, 5.41) is 2.79. The summed E-state index contributed by atoms with van der Waals surface area (Å²) in [6, 6.07) is 4.39. The summed E-state index contributed by atoms with van der Waals surface area (Å²) in [7, 11) is 0. The Bertz CT molecular complexity index is 435. The second-order valence-corrected chi connectivity index (χ2v) is 3.67. The summed E-state index contributed by atoms with van der Waals surface area (Å²) < 4.78 is 4.79. The number of amides is 1. The fourth-order valence-corrected chi connectivity index (χ4v) is 1.30. The number of esters is 1. The second-order valence-electron chi connectivity index (χ2n) is 3.27. The highest BCUT2D eigenvalue weighted by molar-refractivity contribution is 6.33. The number of hydrogen-bond acceptors (Lipinski definition) is 4. The number of halogens is 1. The minimum absolute atomic E-state index is 0.258. The van der Waals surface area contributed by atoms with Crippen LogP contribution in [0.4, 0.5) is 5.69 Å². The normalized spacial score (nSPS) is 9.76. The van der Waals surface area contributed by atoms with Crippen molar-refractivity contribution in [1.29, 1.82) is 0 Å². The molecule has 0 bridgehead atoms. The van der Waals surface area contributed by atoms with Crippen LogP contribution in [-0.4, -0.2) is 25.0 Å². The van der Waals surface area contributed by atoms with E-state index in [-0.39, 0.29) is 23.1 Å². The third kappa shape index (κ3) is 3.96. The van der Waals surface area contributed by atoms with Crippen molar-refractivity contribution in [2.45, 2.75) is 6.92 Å². The molecule has 17 heavy (non-hydrogen) atoms. The van der Waals surface area contributed by atoms with Gasteiger partial charge in [-0.05, 0) is 25.1 Å². The number of anilines is 1. The Labute approximate surface area is 104 Å². The maximum Gasteiger partial charge on any atom is 0.338 e. The van der Waals surface area contributed by atoms with Crippen LogP contribution in [0, 0.1) is 0 Å². The van der Waals surface area contributed by atoms with Crippen molar-refractivity contribution in [3.05, 3.63) is 28.8 Å². The molecule has 0 spiro atoms. The molecule has 0 atom stereocenters. The van der Waals surface area contributed by atoms with Gasteiger partial charge < -0.3 is 15.8 Å². The van der Waals surface area contributed by atoms with Gasteiger partial charge in [-0.2, -0.15) is 0 Å². The Kier molecular flexibility index (Phi) is 4.78. The maximum atomic E-state index is 11.5. The summed E-state index contributed by atoms with van der Waals surface area (Å²) in [5.74, 6) is -0.958. The molecule has 0 aliphatic rings. The highest BCUT2D eigenvalue weighted by Crippen LogP contribution is 2.19. The topological polar surface area (TPSA) is 81.4 Å². The van der Waals surface area contributed by atoms with Crippen LogP contribution in [0.25, 0.3) is 0 Å². The van der Waals surface area contributed by atoms with Crippen LogP contribution in [0.15, 0.2) is 18.2 Å². The number of nitrogens with two attached hydrogens (primary N) is 1. The van der Waals surface area contributed by atoms with Gasteiger partial charge in [0.15, 0.2) is 6.61 Å². The highest BCUT2D eigenvalue weighted by Gasteiger charge is 2.10. The summed E-state index contributed by atoms with van der Waals surface area (Å²) in [4.78, 5) is 22.6. The van der Waals surface area contributed by atoms with E-state index in [1.54, 1.807) is 6.92 Å². The van der Waals surface area contributed by atoms with Gasteiger partial charge in [-0.3, -0.25) is 4.79 Å². The molecule has 1 aromatic carbocycles. The molecular weight excluding hydrogens is 244 g/mol. The molecule has 5 nitrogen and oxygen atoms in total. The molecule has 3 N–H and O–H groups in total. The molecule has 1 aromatic rings. The summed E-state index contributed by atoms with van der Waals surface area (Å²) >= 11 is 5.76. The summed E-state index contributed by atoms with van der Waals surface area (Å²) in [5.41, 5.74) is 6.14. The minimum atomic E-state index is -0.613. The monoisotopic (exact) mass is 256 g/mol. The third-order valence-corrected chi connectivity index (χ3v) is 2.27. The van der Waals surface area contributed by atoms with E-state index < -0.39 is 5.97 Å². The lowest BCUT2D eigenvalue weighted by atomic mass is 10.2. The van der Waals surface area contributed by atoms with E-state index in [1.807, 2.05) is 0 Å². The number of hydrogen-bond donors (Lipinski definition) is 2. The van der Waals surface area contributed by atoms with E-state index >= 15 is 0 Å². The fourth-order valence-electron chi connectivity index (χ4n) is 1.12. The average molecular weight is 257 g/mol. The first-order chi connectivity index (χ1) is 8.04. The van der Waals surface area contributed by atoms with Gasteiger partial charge in [0.1, 0.15) is 0 Å². The van der Waals surface area contributed by atoms with Gasteiger partial charge in [0.25, 0.3) is 5.91 Å². The third-order valence-electron chi connectivity index (χ3n) is 1.94. The second kappa shape index (κ2) is 6.10. The van der Waals surface area contributed by atoms with Gasteiger partial charge in [0, 0.05) is 6.54 Å². The molecule has 0 saturated heterocycles. The first kappa shape index (κ1) is 13.3. The number of carbonyl (C=O) groups is 2. The first-order valence-corrected chi connectivity index (χ1v) is 5.41. The van der Waals surface area contributed by atoms with Gasteiger partial charge >= 0.3 is 5.97 Å². The van der Waals surface area contributed by atoms with E-state index in [0.717, 1.165) is 0 Å². The van der Waals surface area contributed by atoms with Crippen molar-refractivity contribution in [1.82, 2.24) is 5.32 Å². The molecule has 0 saturated carbocycles. The molecule has 0 aliphatic heterocycles. The largest absolute Gasteiger partial charge is 0.452 e. The predicted molar refractivity (Wildman–Crippen MR) is 64.8 cm³/mol. The number of nitrogens with one attached hydrogen (secondary N) is 1. The van der Waals surface area contributed by atoms with Gasteiger partial charge in [0.2, 0.25) is 0 Å². The molecule has 0 heterocycles. The van der Waals surface area contributed by atoms with Crippen molar-refractivity contribution in [2.75, 3.05) is 18.9 Å². The summed E-state index contributed by atoms with van der Waals surface area (Å²) in [6.45, 7) is 1.96. The lowest BCUT2D eigenvalue weighted by Gasteiger charge is -2.05. The van der Waals surface area contributed by atoms with E-state index in [0.29, 0.717) is 12.2 Å². The van der Waals surface area contributed by atoms with E-state index in [9.17, 15) is 9.59 Å². The number of rotatable bonds is 4. The molecule has 0 fully saturated rings. The smallest absolute Gasteiger partial charge is 0.338 e. The number of carbonyl (C=O) groups excluding carboxylic acids is 2. The van der Waals surface area contributed by atoms with Crippen LogP contribution < -0.4 is 11.1 Å². The van der Waals surface area contributed by atoms with Crippen LogP contribution >= 0.6 is 11.6 Å². The van der Waals surface area contributed by atoms with Crippen molar-refractivity contribution < 1.29 is 14.3 Å². The summed E-state index contributed by atoms with van der Waals surface area (Å²) in [6.07, 6.45) is 0. The Morgan fingerprint density at radius 2 is 2.18 bits per heavy atom. The Balaban J connectivity index is 2.58. The van der Waals surface area contributed by atoms with Crippen LogP contribution in [-0.2, 0) is 9.53 Å². The minimum Gasteiger partial charge on any atom is -0.452 e. The molecule has 0 radical (unpaired) electrons. The van der Waals surface area contributed by atoms with Crippen molar-refractivity contribution in [3.63, 3.8) is 0 Å². The zero-order valence-electron chi connectivity index (χ0n) is 9.33. The maximum absolute atomic E-state index is 11.5. The van der Waals surface area contributed by atoms with E-state index in [1.165, 1.54) is 18.2 Å². The molecule has 1 amide bonds. The number of likely N-dealkylation sites (N-methyl/N-ethyl adjacent to an activating group) is 1. The van der Waals surface area contributed by atoms with Crippen molar-refractivity contribution in [2.24, 2.45) is 0 Å². The molecular formula is C11H13ClN2O3. The molecule has 0 aromatic heterocycles. The van der Waals surface area contributed by atoms with Gasteiger partial charge in [-0.25, -0.2) is 4.79 Å². The van der Waals surface area contributed by atoms with Crippen LogP contribution in [0.2, 0.25) is 5.02 Å². The number of nitrogen functional groups attached to an aromatic ring is 1. The highest BCUT2D eigenvalue weighted by atomic mass is 35.5. The van der Waals surface area contributed by atoms with E-state index in [4.69, 9.17) is 22.1 Å². The van der Waals surface area contributed by atoms with E-state index in [2.05, 4.69) is 5.32 Å². The average Bonchev–Trinajstić information content (AvgIpc) is 2.30. The van der Waals surface area contributed by atoms with Gasteiger partial charge in [0.05, 0.1) is 16.3 Å². The van der Waals surface area contributed by atoms with Crippen LogP contribution in [0.3, 0.4) is 0 Å². The Morgan fingerprint density at radius 3 is 2.76 bits per heavy atom. The molecule has 0 aliphatic carbocycles. The molecule has 0 unspecified atom stereocenters. The number of benzene rings is 1. The van der Waals surface area contributed by atoms with Gasteiger partial charge in [-0.1, -0.05) is 11.6 Å². The lowest BCUT2D eigenvalue weighted by molar-refractivity contribution is -0.124.